The van der Waals surface area contributed by atoms with Crippen molar-refractivity contribution in [1.29, 1.82) is 0 Å². The van der Waals surface area contributed by atoms with Crippen molar-refractivity contribution in [2.24, 2.45) is 0 Å². The molecule has 0 saturated heterocycles. The topological polar surface area (TPSA) is 130 Å². The van der Waals surface area contributed by atoms with E-state index in [9.17, 15) is 14.9 Å². The first-order chi connectivity index (χ1) is 13.8. The number of hydrogen-bond acceptors (Lipinski definition) is 7. The maximum absolute atomic E-state index is 11.7. The van der Waals surface area contributed by atoms with Gasteiger partial charge in [-0.1, -0.05) is 26.0 Å². The minimum Gasteiger partial charge on any atom is -0.478 e. The lowest BCUT2D eigenvalue weighted by atomic mass is 10.0. The molecule has 2 aromatic carbocycles. The van der Waals surface area contributed by atoms with Crippen molar-refractivity contribution < 1.29 is 14.8 Å². The smallest absolute Gasteiger partial charge is 0.353 e. The van der Waals surface area contributed by atoms with Crippen LogP contribution >= 0.6 is 0 Å². The van der Waals surface area contributed by atoms with E-state index in [1.54, 1.807) is 0 Å². The molecule has 0 saturated carbocycles. The van der Waals surface area contributed by atoms with E-state index in [2.05, 4.69) is 34.4 Å². The van der Waals surface area contributed by atoms with Crippen LogP contribution < -0.4 is 10.6 Å². The lowest BCUT2D eigenvalue weighted by molar-refractivity contribution is -0.383. The third kappa shape index (κ3) is 4.64. The van der Waals surface area contributed by atoms with Crippen molar-refractivity contribution in [2.75, 3.05) is 10.6 Å². The molecule has 0 amide bonds. The van der Waals surface area contributed by atoms with Crippen LogP contribution in [0.15, 0.2) is 54.9 Å². The van der Waals surface area contributed by atoms with E-state index in [1.807, 2.05) is 24.3 Å². The number of aromatic nitrogens is 2. The average molecular weight is 393 g/mol. The Morgan fingerprint density at radius 2 is 1.45 bits per heavy atom. The van der Waals surface area contributed by atoms with Crippen LogP contribution in [0.1, 0.15) is 35.7 Å². The third-order valence-electron chi connectivity index (χ3n) is 4.24. The minimum atomic E-state index is -1.06. The van der Waals surface area contributed by atoms with E-state index in [-0.39, 0.29) is 22.9 Å². The molecule has 9 nitrogen and oxygen atoms in total. The van der Waals surface area contributed by atoms with Gasteiger partial charge in [0, 0.05) is 11.4 Å². The zero-order valence-corrected chi connectivity index (χ0v) is 15.8. The summed E-state index contributed by atoms with van der Waals surface area (Å²) < 4.78 is 0. The molecule has 0 radical (unpaired) electrons. The van der Waals surface area contributed by atoms with Crippen molar-refractivity contribution in [1.82, 2.24) is 9.97 Å². The van der Waals surface area contributed by atoms with Gasteiger partial charge < -0.3 is 15.7 Å². The Balaban J connectivity index is 1.89. The van der Waals surface area contributed by atoms with Gasteiger partial charge in [-0.15, -0.1) is 0 Å². The maximum Gasteiger partial charge on any atom is 0.353 e. The number of nitrogens with zero attached hydrogens (tertiary/aromatic N) is 3. The van der Waals surface area contributed by atoms with Gasteiger partial charge in [-0.25, -0.2) is 14.8 Å². The van der Waals surface area contributed by atoms with Gasteiger partial charge in [-0.3, -0.25) is 10.1 Å². The molecule has 9 heteroatoms. The molecule has 29 heavy (non-hydrogen) atoms. The van der Waals surface area contributed by atoms with Crippen LogP contribution in [-0.2, 0) is 0 Å². The van der Waals surface area contributed by atoms with Gasteiger partial charge in [-0.05, 0) is 47.9 Å². The number of carboxylic acids is 1. The normalized spacial score (nSPS) is 10.6. The molecule has 0 aliphatic rings. The molecule has 3 N–H and O–H groups in total. The largest absolute Gasteiger partial charge is 0.478 e. The van der Waals surface area contributed by atoms with Crippen molar-refractivity contribution >= 4 is 34.7 Å². The summed E-state index contributed by atoms with van der Waals surface area (Å²) in [5, 5.41) is 26.4. The molecular weight excluding hydrogens is 374 g/mol. The number of nitrogens with one attached hydrogen (secondary N) is 2. The van der Waals surface area contributed by atoms with Crippen LogP contribution in [0.2, 0.25) is 0 Å². The molecule has 0 fully saturated rings. The molecule has 0 bridgehead atoms. The van der Waals surface area contributed by atoms with Crippen LogP contribution in [0, 0.1) is 10.1 Å². The summed E-state index contributed by atoms with van der Waals surface area (Å²) in [6.07, 6.45) is 1.21. The van der Waals surface area contributed by atoms with E-state index in [4.69, 9.17) is 5.11 Å². The SMILES string of the molecule is CC(C)c1ccc(Nc2ncnc(Nc3ccc(C(=O)O)cc3)c2[N+](=O)[O-])cc1. The second kappa shape index (κ2) is 8.34. The number of carboxylic acid groups (broad SMARTS) is 1. The highest BCUT2D eigenvalue weighted by Gasteiger charge is 2.23. The second-order valence-electron chi connectivity index (χ2n) is 6.59. The molecule has 0 spiro atoms. The molecule has 0 atom stereocenters. The van der Waals surface area contributed by atoms with Gasteiger partial charge >= 0.3 is 11.7 Å². The number of nitro groups is 1. The van der Waals surface area contributed by atoms with E-state index in [0.29, 0.717) is 17.3 Å². The molecule has 1 aromatic heterocycles. The van der Waals surface area contributed by atoms with Crippen molar-refractivity contribution in [3.05, 3.63) is 76.1 Å². The summed E-state index contributed by atoms with van der Waals surface area (Å²) >= 11 is 0. The lowest BCUT2D eigenvalue weighted by Crippen LogP contribution is -2.06. The highest BCUT2D eigenvalue weighted by atomic mass is 16.6. The van der Waals surface area contributed by atoms with Crippen LogP contribution in [0.25, 0.3) is 0 Å². The Morgan fingerprint density at radius 3 is 1.86 bits per heavy atom. The Labute approximate surface area is 166 Å². The highest BCUT2D eigenvalue weighted by Crippen LogP contribution is 2.33. The first kappa shape index (κ1) is 19.7. The average Bonchev–Trinajstić information content (AvgIpc) is 2.68. The van der Waals surface area contributed by atoms with Gasteiger partial charge in [0.1, 0.15) is 6.33 Å². The summed E-state index contributed by atoms with van der Waals surface area (Å²) in [5.74, 6) is -0.637. The van der Waals surface area contributed by atoms with E-state index < -0.39 is 10.9 Å². The van der Waals surface area contributed by atoms with Crippen molar-refractivity contribution in [2.45, 2.75) is 19.8 Å². The third-order valence-corrected chi connectivity index (χ3v) is 4.24. The minimum absolute atomic E-state index is 0.00521. The van der Waals surface area contributed by atoms with Crippen LogP contribution in [0.3, 0.4) is 0 Å². The molecule has 0 aliphatic heterocycles. The summed E-state index contributed by atoms with van der Waals surface area (Å²) in [6.45, 7) is 4.16. The predicted molar refractivity (Wildman–Crippen MR) is 109 cm³/mol. The standard InChI is InChI=1S/C20H19N5O4/c1-12(2)13-3-7-15(8-4-13)23-18-17(25(28)29)19(22-11-21-18)24-16-9-5-14(6-10-16)20(26)27/h3-12H,1-2H3,(H,26,27)(H2,21,22,23,24). The Hall–Kier alpha value is -4.01. The van der Waals surface area contributed by atoms with E-state index in [1.165, 1.54) is 30.6 Å². The lowest BCUT2D eigenvalue weighted by Gasteiger charge is -2.11. The summed E-state index contributed by atoms with van der Waals surface area (Å²) in [4.78, 5) is 30.0. The van der Waals surface area contributed by atoms with Crippen molar-refractivity contribution in [3.8, 4) is 0 Å². The Morgan fingerprint density at radius 1 is 0.966 bits per heavy atom. The Bertz CT molecular complexity index is 1030. The fraction of sp³-hybridized carbons (Fsp3) is 0.150. The predicted octanol–water partition coefficient (Wildman–Crippen LogP) is 4.69. The Kier molecular flexibility index (Phi) is 5.68. The van der Waals surface area contributed by atoms with Crippen LogP contribution in [-0.4, -0.2) is 26.0 Å². The number of anilines is 4. The quantitative estimate of drug-likeness (QED) is 0.389. The molecule has 3 rings (SSSR count). The van der Waals surface area contributed by atoms with Gasteiger partial charge in [0.2, 0.25) is 11.6 Å². The summed E-state index contributed by atoms with van der Waals surface area (Å²) in [6, 6.07) is 13.4. The summed E-state index contributed by atoms with van der Waals surface area (Å²) in [5.41, 5.74) is 2.07. The molecule has 0 unspecified atom stereocenters. The molecular formula is C20H19N5O4. The molecule has 148 valence electrons. The van der Waals surface area contributed by atoms with Gasteiger partial charge in [0.25, 0.3) is 0 Å². The van der Waals surface area contributed by atoms with Gasteiger partial charge in [-0.2, -0.15) is 0 Å². The van der Waals surface area contributed by atoms with Crippen molar-refractivity contribution in [3.63, 3.8) is 0 Å². The number of rotatable bonds is 7. The number of benzene rings is 2. The number of carbonyl (C=O) groups is 1. The van der Waals surface area contributed by atoms with Crippen LogP contribution in [0.5, 0.6) is 0 Å². The van der Waals surface area contributed by atoms with Crippen LogP contribution in [0.4, 0.5) is 28.7 Å². The zero-order valence-electron chi connectivity index (χ0n) is 15.8. The van der Waals surface area contributed by atoms with Gasteiger partial charge in [0.15, 0.2) is 0 Å². The molecule has 3 aromatic rings. The first-order valence-corrected chi connectivity index (χ1v) is 8.82. The monoisotopic (exact) mass is 393 g/mol. The maximum atomic E-state index is 11.7. The fourth-order valence-corrected chi connectivity index (χ4v) is 2.66. The number of aromatic carboxylic acids is 1. The molecule has 1 heterocycles. The first-order valence-electron chi connectivity index (χ1n) is 8.82. The summed E-state index contributed by atoms with van der Waals surface area (Å²) in [7, 11) is 0. The zero-order chi connectivity index (χ0) is 21.0. The second-order valence-corrected chi connectivity index (χ2v) is 6.59. The highest BCUT2D eigenvalue weighted by molar-refractivity contribution is 5.88. The van der Waals surface area contributed by atoms with Gasteiger partial charge in [0.05, 0.1) is 10.5 Å². The van der Waals surface area contributed by atoms with E-state index in [0.717, 1.165) is 5.56 Å². The number of hydrogen-bond donors (Lipinski definition) is 3. The fourth-order valence-electron chi connectivity index (χ4n) is 2.66. The molecule has 0 aliphatic carbocycles. The van der Waals surface area contributed by atoms with E-state index >= 15 is 0 Å².